The Balaban J connectivity index is 1.70. The third-order valence-electron chi connectivity index (χ3n) is 7.12. The van der Waals surface area contributed by atoms with Crippen LogP contribution >= 0.6 is 0 Å². The molecule has 196 valence electrons. The van der Waals surface area contributed by atoms with E-state index in [4.69, 9.17) is 5.11 Å². The summed E-state index contributed by atoms with van der Waals surface area (Å²) < 4.78 is 1.04. The fourth-order valence-corrected chi connectivity index (χ4v) is 4.77. The molecule has 0 spiro atoms. The molecule has 0 atom stereocenters. The molecule has 0 unspecified atom stereocenters. The van der Waals surface area contributed by atoms with Crippen LogP contribution in [0.25, 0.3) is 5.69 Å². The number of phenolic OH excluding ortho intramolecular Hbond substituents is 1. The van der Waals surface area contributed by atoms with Gasteiger partial charge in [-0.05, 0) is 87.5 Å². The number of azo groups is 1. The SMILES string of the molecule is Cc1ccc(-n2c(O)c(C#N)c(C)c(N=Nc3cccc(C4CCN(CC(=O)O)CC4)c3O)c2=O)cc1C. The van der Waals surface area contributed by atoms with Gasteiger partial charge in [0.25, 0.3) is 5.56 Å². The van der Waals surface area contributed by atoms with Gasteiger partial charge in [0.1, 0.15) is 23.1 Å². The van der Waals surface area contributed by atoms with E-state index >= 15 is 0 Å². The average molecular weight is 516 g/mol. The number of aromatic nitrogens is 1. The molecule has 2 heterocycles. The van der Waals surface area contributed by atoms with Gasteiger partial charge >= 0.3 is 5.97 Å². The molecule has 0 amide bonds. The highest BCUT2D eigenvalue weighted by atomic mass is 16.4. The largest absolute Gasteiger partial charge is 0.505 e. The van der Waals surface area contributed by atoms with Crippen molar-refractivity contribution < 1.29 is 20.1 Å². The lowest BCUT2D eigenvalue weighted by atomic mass is 9.88. The lowest BCUT2D eigenvalue weighted by Crippen LogP contribution is -2.36. The standard InChI is InChI=1S/C28H29N5O5/c1-16-7-8-20(13-17(16)2)33-27(37)22(14-29)18(3)25(28(33)38)31-30-23-6-4-5-21(26(23)36)19-9-11-32(12-10-19)15-24(34)35/h4-8,13,19,36-37H,9-12,15H2,1-3H3,(H,34,35). The highest BCUT2D eigenvalue weighted by molar-refractivity contribution is 5.69. The van der Waals surface area contributed by atoms with Crippen LogP contribution in [0.4, 0.5) is 11.4 Å². The van der Waals surface area contributed by atoms with E-state index in [1.54, 1.807) is 30.3 Å². The van der Waals surface area contributed by atoms with Crippen LogP contribution in [-0.4, -0.2) is 50.4 Å². The molecule has 10 heteroatoms. The van der Waals surface area contributed by atoms with Crippen molar-refractivity contribution >= 4 is 17.3 Å². The number of aromatic hydroxyl groups is 2. The highest BCUT2D eigenvalue weighted by Gasteiger charge is 2.25. The number of piperidine rings is 1. The zero-order valence-electron chi connectivity index (χ0n) is 21.5. The summed E-state index contributed by atoms with van der Waals surface area (Å²) in [6, 6.07) is 12.3. The molecule has 38 heavy (non-hydrogen) atoms. The van der Waals surface area contributed by atoms with E-state index in [9.17, 15) is 25.1 Å². The number of likely N-dealkylation sites (tertiary alicyclic amines) is 1. The van der Waals surface area contributed by atoms with E-state index in [2.05, 4.69) is 10.2 Å². The van der Waals surface area contributed by atoms with E-state index in [1.807, 2.05) is 30.9 Å². The number of carbonyl (C=O) groups is 1. The van der Waals surface area contributed by atoms with Gasteiger partial charge in [0.2, 0.25) is 5.88 Å². The molecule has 1 aromatic heterocycles. The number of phenols is 1. The number of aryl methyl sites for hydroxylation is 2. The number of benzene rings is 2. The molecule has 10 nitrogen and oxygen atoms in total. The quantitative estimate of drug-likeness (QED) is 0.402. The summed E-state index contributed by atoms with van der Waals surface area (Å²) >= 11 is 0. The number of carboxylic acids is 1. The van der Waals surface area contributed by atoms with Gasteiger partial charge in [-0.3, -0.25) is 14.5 Å². The van der Waals surface area contributed by atoms with Crippen LogP contribution in [0.2, 0.25) is 0 Å². The molecule has 2 aromatic carbocycles. The van der Waals surface area contributed by atoms with E-state index < -0.39 is 17.4 Å². The van der Waals surface area contributed by atoms with Gasteiger partial charge in [-0.25, -0.2) is 4.57 Å². The summed E-state index contributed by atoms with van der Waals surface area (Å²) in [5.74, 6) is -1.37. The first-order chi connectivity index (χ1) is 18.1. The molecule has 0 saturated carbocycles. The van der Waals surface area contributed by atoms with Crippen molar-refractivity contribution in [3.8, 4) is 23.4 Å². The van der Waals surface area contributed by atoms with Crippen molar-refractivity contribution in [1.82, 2.24) is 9.47 Å². The number of hydrogen-bond acceptors (Lipinski definition) is 8. The summed E-state index contributed by atoms with van der Waals surface area (Å²) in [4.78, 5) is 26.3. The predicted molar refractivity (Wildman–Crippen MR) is 141 cm³/mol. The molecule has 3 aromatic rings. The van der Waals surface area contributed by atoms with Crippen molar-refractivity contribution in [2.45, 2.75) is 39.5 Å². The third-order valence-corrected chi connectivity index (χ3v) is 7.12. The molecule has 0 bridgehead atoms. The molecule has 1 saturated heterocycles. The first-order valence-electron chi connectivity index (χ1n) is 12.3. The van der Waals surface area contributed by atoms with Gasteiger partial charge in [-0.15, -0.1) is 10.2 Å². The van der Waals surface area contributed by atoms with Crippen LogP contribution in [0.1, 0.15) is 46.6 Å². The minimum absolute atomic E-state index is 0.0106. The number of aliphatic carboxylic acids is 1. The Morgan fingerprint density at radius 2 is 1.79 bits per heavy atom. The van der Waals surface area contributed by atoms with Gasteiger partial charge in [0.15, 0.2) is 5.69 Å². The van der Waals surface area contributed by atoms with Crippen LogP contribution in [0.5, 0.6) is 11.6 Å². The first kappa shape index (κ1) is 26.6. The number of carboxylic acid groups (broad SMARTS) is 1. The van der Waals surface area contributed by atoms with Gasteiger partial charge in [0.05, 0.1) is 12.2 Å². The van der Waals surface area contributed by atoms with Crippen LogP contribution in [0.3, 0.4) is 0 Å². The van der Waals surface area contributed by atoms with Gasteiger partial charge < -0.3 is 15.3 Å². The average Bonchev–Trinajstić information content (AvgIpc) is 2.87. The molecule has 1 aliphatic heterocycles. The second-order valence-electron chi connectivity index (χ2n) is 9.55. The van der Waals surface area contributed by atoms with Crippen LogP contribution in [0, 0.1) is 32.1 Å². The molecular weight excluding hydrogens is 486 g/mol. The van der Waals surface area contributed by atoms with Crippen molar-refractivity contribution in [2.24, 2.45) is 10.2 Å². The number of nitriles is 1. The normalized spacial score (nSPS) is 14.6. The fourth-order valence-electron chi connectivity index (χ4n) is 4.77. The van der Waals surface area contributed by atoms with Crippen molar-refractivity contribution in [1.29, 1.82) is 5.26 Å². The highest BCUT2D eigenvalue weighted by Crippen LogP contribution is 2.40. The van der Waals surface area contributed by atoms with Gasteiger partial charge in [-0.2, -0.15) is 5.26 Å². The Kier molecular flexibility index (Phi) is 7.60. The Hall–Kier alpha value is -4.49. The van der Waals surface area contributed by atoms with Crippen LogP contribution in [0.15, 0.2) is 51.4 Å². The van der Waals surface area contributed by atoms with E-state index in [0.29, 0.717) is 37.2 Å². The molecule has 1 fully saturated rings. The topological polar surface area (TPSA) is 152 Å². The zero-order chi connectivity index (χ0) is 27.6. The summed E-state index contributed by atoms with van der Waals surface area (Å²) in [5, 5.41) is 48.7. The van der Waals surface area contributed by atoms with Crippen LogP contribution < -0.4 is 5.56 Å². The number of rotatable bonds is 6. The van der Waals surface area contributed by atoms with E-state index in [-0.39, 0.29) is 40.7 Å². The number of para-hydroxylation sites is 1. The lowest BCUT2D eigenvalue weighted by molar-refractivity contribution is -0.138. The molecule has 3 N–H and O–H groups in total. The molecular formula is C28H29N5O5. The molecule has 1 aliphatic rings. The predicted octanol–water partition coefficient (Wildman–Crippen LogP) is 4.73. The number of hydrogen-bond donors (Lipinski definition) is 3. The fraction of sp³-hybridized carbons (Fsp3) is 0.321. The van der Waals surface area contributed by atoms with Crippen molar-refractivity contribution in [2.75, 3.05) is 19.6 Å². The summed E-state index contributed by atoms with van der Waals surface area (Å²) in [7, 11) is 0. The Labute approximate surface area is 219 Å². The molecule has 4 rings (SSSR count). The Bertz CT molecular complexity index is 1530. The minimum Gasteiger partial charge on any atom is -0.505 e. The molecule has 0 aliphatic carbocycles. The van der Waals surface area contributed by atoms with Crippen molar-refractivity contribution in [3.63, 3.8) is 0 Å². The second kappa shape index (κ2) is 10.9. The van der Waals surface area contributed by atoms with Gasteiger partial charge in [-0.1, -0.05) is 18.2 Å². The third kappa shape index (κ3) is 5.14. The van der Waals surface area contributed by atoms with Crippen LogP contribution in [-0.2, 0) is 4.79 Å². The lowest BCUT2D eigenvalue weighted by Gasteiger charge is -2.31. The summed E-state index contributed by atoms with van der Waals surface area (Å²) in [5.41, 5.74) is 2.48. The summed E-state index contributed by atoms with van der Waals surface area (Å²) in [6.45, 7) is 6.51. The van der Waals surface area contributed by atoms with Crippen molar-refractivity contribution in [3.05, 3.63) is 74.6 Å². The maximum absolute atomic E-state index is 13.4. The zero-order valence-corrected chi connectivity index (χ0v) is 21.5. The first-order valence-corrected chi connectivity index (χ1v) is 12.3. The maximum atomic E-state index is 13.4. The maximum Gasteiger partial charge on any atom is 0.317 e. The number of pyridine rings is 1. The van der Waals surface area contributed by atoms with Gasteiger partial charge in [0, 0.05) is 5.56 Å². The number of nitrogens with zero attached hydrogens (tertiary/aromatic N) is 5. The van der Waals surface area contributed by atoms with E-state index in [0.717, 1.165) is 15.7 Å². The Morgan fingerprint density at radius 3 is 2.42 bits per heavy atom. The summed E-state index contributed by atoms with van der Waals surface area (Å²) in [6.07, 6.45) is 1.37. The minimum atomic E-state index is -0.866. The monoisotopic (exact) mass is 515 g/mol. The Morgan fingerprint density at radius 1 is 1.08 bits per heavy atom. The van der Waals surface area contributed by atoms with E-state index in [1.165, 1.54) is 6.92 Å². The molecule has 0 radical (unpaired) electrons. The smallest absolute Gasteiger partial charge is 0.317 e. The second-order valence-corrected chi connectivity index (χ2v) is 9.55.